The first-order valence-electron chi connectivity index (χ1n) is 8.98. The van der Waals surface area contributed by atoms with Crippen LogP contribution in [-0.2, 0) is 19.4 Å². The highest BCUT2D eigenvalue weighted by atomic mass is 79.9. The summed E-state index contributed by atoms with van der Waals surface area (Å²) < 4.78 is 3.81. The summed E-state index contributed by atoms with van der Waals surface area (Å²) in [5.41, 5.74) is 10.1. The molecular formula is C23H20BrN. The van der Waals surface area contributed by atoms with Gasteiger partial charge < -0.3 is 4.57 Å². The molecule has 0 spiro atoms. The molecule has 2 heteroatoms. The number of benzene rings is 3. The van der Waals surface area contributed by atoms with Crippen LogP contribution in [0, 0.1) is 6.92 Å². The molecule has 5 rings (SSSR count). The largest absolute Gasteiger partial charge is 0.341 e. The standard InChI is InChI=1S/C23H20BrN/c1-3-25-20-11-7-6-10-17(20)21-14(2)22(24)18-12-15-8-4-5-9-16(15)13-19(18)23(21)25/h4-11H,3,12-13H2,1-2H3. The Labute approximate surface area is 156 Å². The minimum absolute atomic E-state index is 0.999. The van der Waals surface area contributed by atoms with Gasteiger partial charge in [0.25, 0.3) is 0 Å². The average molecular weight is 390 g/mol. The van der Waals surface area contributed by atoms with Gasteiger partial charge in [0.1, 0.15) is 0 Å². The summed E-state index contributed by atoms with van der Waals surface area (Å²) in [5.74, 6) is 0. The Morgan fingerprint density at radius 1 is 0.920 bits per heavy atom. The lowest BCUT2D eigenvalue weighted by Gasteiger charge is -2.24. The van der Waals surface area contributed by atoms with E-state index in [9.17, 15) is 0 Å². The first-order chi connectivity index (χ1) is 12.2. The Balaban J connectivity index is 1.96. The second kappa shape index (κ2) is 5.47. The third-order valence-electron chi connectivity index (χ3n) is 5.76. The van der Waals surface area contributed by atoms with Gasteiger partial charge in [-0.1, -0.05) is 58.4 Å². The normalized spacial score (nSPS) is 13.2. The van der Waals surface area contributed by atoms with Gasteiger partial charge >= 0.3 is 0 Å². The maximum Gasteiger partial charge on any atom is 0.0533 e. The third kappa shape index (κ3) is 2.01. The molecule has 0 aliphatic heterocycles. The van der Waals surface area contributed by atoms with E-state index in [2.05, 4.69) is 82.9 Å². The minimum atomic E-state index is 0.999. The zero-order valence-electron chi connectivity index (χ0n) is 14.6. The monoisotopic (exact) mass is 389 g/mol. The zero-order valence-corrected chi connectivity index (χ0v) is 16.2. The van der Waals surface area contributed by atoms with E-state index >= 15 is 0 Å². The van der Waals surface area contributed by atoms with Crippen LogP contribution in [-0.4, -0.2) is 4.57 Å². The third-order valence-corrected chi connectivity index (χ3v) is 6.83. The molecule has 4 aromatic rings. The molecule has 25 heavy (non-hydrogen) atoms. The van der Waals surface area contributed by atoms with Crippen LogP contribution >= 0.6 is 15.9 Å². The Kier molecular flexibility index (Phi) is 3.33. The van der Waals surface area contributed by atoms with Crippen LogP contribution in [0.1, 0.15) is 34.7 Å². The van der Waals surface area contributed by atoms with Crippen molar-refractivity contribution < 1.29 is 0 Å². The van der Waals surface area contributed by atoms with Crippen LogP contribution in [0.4, 0.5) is 0 Å². The Bertz CT molecular complexity index is 1150. The molecule has 1 nitrogen and oxygen atoms in total. The summed E-state index contributed by atoms with van der Waals surface area (Å²) in [7, 11) is 0. The van der Waals surface area contributed by atoms with Crippen molar-refractivity contribution in [2.75, 3.05) is 0 Å². The lowest BCUT2D eigenvalue weighted by molar-refractivity contribution is 0.819. The summed E-state index contributed by atoms with van der Waals surface area (Å²) in [6.07, 6.45) is 2.05. The van der Waals surface area contributed by atoms with Crippen LogP contribution in [0.2, 0.25) is 0 Å². The van der Waals surface area contributed by atoms with E-state index in [0.717, 1.165) is 19.4 Å². The van der Waals surface area contributed by atoms with Crippen LogP contribution in [0.3, 0.4) is 0 Å². The molecule has 0 N–H and O–H groups in total. The molecule has 1 aromatic heterocycles. The molecule has 0 saturated carbocycles. The van der Waals surface area contributed by atoms with Crippen molar-refractivity contribution in [1.82, 2.24) is 4.57 Å². The van der Waals surface area contributed by atoms with E-state index in [1.54, 1.807) is 0 Å². The predicted octanol–water partition coefficient (Wildman–Crippen LogP) is 6.38. The van der Waals surface area contributed by atoms with Crippen molar-refractivity contribution in [1.29, 1.82) is 0 Å². The second-order valence-corrected chi connectivity index (χ2v) is 7.80. The lowest BCUT2D eigenvalue weighted by atomic mass is 9.83. The number of fused-ring (bicyclic) bond motifs is 6. The fourth-order valence-corrected chi connectivity index (χ4v) is 5.17. The molecule has 0 fully saturated rings. The molecule has 3 aromatic carbocycles. The fraction of sp³-hybridized carbons (Fsp3) is 0.217. The van der Waals surface area contributed by atoms with E-state index in [1.165, 1.54) is 54.1 Å². The molecule has 1 heterocycles. The molecule has 0 radical (unpaired) electrons. The number of para-hydroxylation sites is 1. The second-order valence-electron chi connectivity index (χ2n) is 7.00. The van der Waals surface area contributed by atoms with Crippen molar-refractivity contribution in [2.45, 2.75) is 33.2 Å². The molecule has 1 aliphatic rings. The van der Waals surface area contributed by atoms with Crippen molar-refractivity contribution in [2.24, 2.45) is 0 Å². The van der Waals surface area contributed by atoms with Gasteiger partial charge in [0.2, 0.25) is 0 Å². The first-order valence-corrected chi connectivity index (χ1v) is 9.77. The molecule has 0 saturated heterocycles. The van der Waals surface area contributed by atoms with E-state index in [1.807, 2.05) is 0 Å². The van der Waals surface area contributed by atoms with Gasteiger partial charge in [-0.15, -0.1) is 0 Å². The number of aromatic nitrogens is 1. The first kappa shape index (κ1) is 15.2. The molecule has 0 bridgehead atoms. The van der Waals surface area contributed by atoms with E-state index < -0.39 is 0 Å². The minimum Gasteiger partial charge on any atom is -0.341 e. The Morgan fingerprint density at radius 2 is 1.56 bits per heavy atom. The number of hydrogen-bond donors (Lipinski definition) is 0. The van der Waals surface area contributed by atoms with Gasteiger partial charge in [-0.3, -0.25) is 0 Å². The highest BCUT2D eigenvalue weighted by Gasteiger charge is 2.25. The highest BCUT2D eigenvalue weighted by molar-refractivity contribution is 9.10. The average Bonchev–Trinajstić information content (AvgIpc) is 2.99. The van der Waals surface area contributed by atoms with Gasteiger partial charge in [-0.25, -0.2) is 0 Å². The lowest BCUT2D eigenvalue weighted by Crippen LogP contribution is -2.11. The summed E-state index contributed by atoms with van der Waals surface area (Å²) in [4.78, 5) is 0. The summed E-state index contributed by atoms with van der Waals surface area (Å²) in [6, 6.07) is 17.7. The Hall–Kier alpha value is -2.06. The van der Waals surface area contributed by atoms with Gasteiger partial charge in [-0.05, 0) is 54.2 Å². The van der Waals surface area contributed by atoms with Crippen molar-refractivity contribution in [3.63, 3.8) is 0 Å². The number of nitrogens with zero attached hydrogens (tertiary/aromatic N) is 1. The topological polar surface area (TPSA) is 4.93 Å². The van der Waals surface area contributed by atoms with Crippen molar-refractivity contribution in [3.05, 3.63) is 80.8 Å². The molecule has 0 atom stereocenters. The van der Waals surface area contributed by atoms with Gasteiger partial charge in [-0.2, -0.15) is 0 Å². The van der Waals surface area contributed by atoms with Gasteiger partial charge in [0, 0.05) is 33.7 Å². The van der Waals surface area contributed by atoms with Crippen LogP contribution < -0.4 is 0 Å². The van der Waals surface area contributed by atoms with Gasteiger partial charge in [0.05, 0.1) is 5.52 Å². The van der Waals surface area contributed by atoms with Gasteiger partial charge in [0.15, 0.2) is 0 Å². The number of hydrogen-bond acceptors (Lipinski definition) is 0. The number of aryl methyl sites for hydroxylation is 2. The predicted molar refractivity (Wildman–Crippen MR) is 110 cm³/mol. The van der Waals surface area contributed by atoms with Crippen LogP contribution in [0.5, 0.6) is 0 Å². The molecule has 0 unspecified atom stereocenters. The SMILES string of the molecule is CCn1c2ccccc2c2c(C)c(Br)c3c(c21)Cc1ccccc1C3. The van der Waals surface area contributed by atoms with Crippen molar-refractivity contribution >= 4 is 37.7 Å². The molecule has 1 aliphatic carbocycles. The van der Waals surface area contributed by atoms with E-state index in [4.69, 9.17) is 0 Å². The zero-order chi connectivity index (χ0) is 17.1. The maximum atomic E-state index is 3.95. The quantitative estimate of drug-likeness (QED) is 0.313. The Morgan fingerprint density at radius 3 is 2.28 bits per heavy atom. The maximum absolute atomic E-state index is 3.95. The van der Waals surface area contributed by atoms with E-state index in [-0.39, 0.29) is 0 Å². The van der Waals surface area contributed by atoms with Crippen LogP contribution in [0.25, 0.3) is 21.8 Å². The highest BCUT2D eigenvalue weighted by Crippen LogP contribution is 2.43. The smallest absolute Gasteiger partial charge is 0.0533 e. The van der Waals surface area contributed by atoms with Crippen LogP contribution in [0.15, 0.2) is 53.0 Å². The molecule has 0 amide bonds. The number of rotatable bonds is 1. The fourth-order valence-electron chi connectivity index (χ4n) is 4.59. The molecular weight excluding hydrogens is 370 g/mol. The summed E-state index contributed by atoms with van der Waals surface area (Å²) >= 11 is 3.95. The summed E-state index contributed by atoms with van der Waals surface area (Å²) in [5, 5.41) is 2.79. The van der Waals surface area contributed by atoms with E-state index in [0.29, 0.717) is 0 Å². The molecule has 124 valence electrons. The van der Waals surface area contributed by atoms with Crippen molar-refractivity contribution in [3.8, 4) is 0 Å². The summed E-state index contributed by atoms with van der Waals surface area (Å²) in [6.45, 7) is 5.52. The number of halogens is 1.